The van der Waals surface area contributed by atoms with Gasteiger partial charge in [0.05, 0.1) is 18.4 Å². The molecule has 0 aromatic carbocycles. The first-order valence-electron chi connectivity index (χ1n) is 6.86. The molecular weight excluding hydrogens is 286 g/mol. The molecule has 0 aliphatic heterocycles. The molecule has 3 rings (SSSR count). The minimum atomic E-state index is -0.0165. The molecule has 3 aromatic rings. The van der Waals surface area contributed by atoms with Crippen LogP contribution in [0.15, 0.2) is 22.8 Å². The summed E-state index contributed by atoms with van der Waals surface area (Å²) in [5.41, 5.74) is 1.82. The molecular formula is C14H17N5OS. The molecule has 21 heavy (non-hydrogen) atoms. The van der Waals surface area contributed by atoms with Crippen molar-refractivity contribution >= 4 is 21.6 Å². The summed E-state index contributed by atoms with van der Waals surface area (Å²) in [4.78, 5) is 21.1. The van der Waals surface area contributed by atoms with Crippen molar-refractivity contribution in [2.24, 2.45) is 5.92 Å². The first-order chi connectivity index (χ1) is 10.1. The Morgan fingerprint density at radius 1 is 1.33 bits per heavy atom. The van der Waals surface area contributed by atoms with Crippen LogP contribution < -0.4 is 5.56 Å². The van der Waals surface area contributed by atoms with Crippen molar-refractivity contribution in [3.05, 3.63) is 39.8 Å². The van der Waals surface area contributed by atoms with Crippen molar-refractivity contribution in [3.63, 3.8) is 0 Å². The molecule has 0 bridgehead atoms. The fraction of sp³-hybridized carbons (Fsp3) is 0.429. The van der Waals surface area contributed by atoms with Crippen LogP contribution in [0.5, 0.6) is 0 Å². The molecule has 0 atom stereocenters. The molecule has 0 N–H and O–H groups in total. The number of thiophene rings is 1. The van der Waals surface area contributed by atoms with E-state index in [0.29, 0.717) is 17.2 Å². The Balaban J connectivity index is 1.97. The number of aryl methyl sites for hydroxylation is 1. The number of hydrogen-bond acceptors (Lipinski definition) is 5. The van der Waals surface area contributed by atoms with E-state index in [-0.39, 0.29) is 5.56 Å². The zero-order chi connectivity index (χ0) is 15.0. The van der Waals surface area contributed by atoms with E-state index in [1.54, 1.807) is 10.9 Å². The van der Waals surface area contributed by atoms with Gasteiger partial charge in [0, 0.05) is 6.54 Å². The van der Waals surface area contributed by atoms with Gasteiger partial charge in [-0.05, 0) is 23.8 Å². The quantitative estimate of drug-likeness (QED) is 0.740. The van der Waals surface area contributed by atoms with E-state index in [9.17, 15) is 4.79 Å². The maximum Gasteiger partial charge on any atom is 0.271 e. The van der Waals surface area contributed by atoms with Gasteiger partial charge in [-0.25, -0.2) is 14.6 Å². The summed E-state index contributed by atoms with van der Waals surface area (Å²) in [6, 6.07) is 0. The Morgan fingerprint density at radius 2 is 2.14 bits per heavy atom. The van der Waals surface area contributed by atoms with Gasteiger partial charge in [-0.15, -0.1) is 11.3 Å². The maximum absolute atomic E-state index is 12.5. The Bertz CT molecular complexity index is 829. The molecule has 3 aromatic heterocycles. The highest BCUT2D eigenvalue weighted by molar-refractivity contribution is 7.17. The lowest BCUT2D eigenvalue weighted by atomic mass is 10.2. The van der Waals surface area contributed by atoms with Gasteiger partial charge in [0.1, 0.15) is 16.9 Å². The molecule has 0 amide bonds. The molecule has 0 spiro atoms. The number of fused-ring (bicyclic) bond motifs is 1. The number of rotatable bonds is 4. The minimum Gasteiger partial charge on any atom is -0.290 e. The van der Waals surface area contributed by atoms with Crippen molar-refractivity contribution in [3.8, 4) is 0 Å². The molecule has 0 radical (unpaired) electrons. The first kappa shape index (κ1) is 13.9. The summed E-state index contributed by atoms with van der Waals surface area (Å²) in [6.07, 6.45) is 3.13. The molecule has 0 aliphatic rings. The van der Waals surface area contributed by atoms with Crippen molar-refractivity contribution in [2.45, 2.75) is 33.9 Å². The lowest BCUT2D eigenvalue weighted by Crippen LogP contribution is -2.23. The normalized spacial score (nSPS) is 11.6. The zero-order valence-corrected chi connectivity index (χ0v) is 13.1. The number of nitrogens with zero attached hydrogens (tertiary/aromatic N) is 5. The van der Waals surface area contributed by atoms with Gasteiger partial charge < -0.3 is 0 Å². The van der Waals surface area contributed by atoms with Crippen LogP contribution in [0.3, 0.4) is 0 Å². The summed E-state index contributed by atoms with van der Waals surface area (Å²) in [5.74, 6) is 1.25. The Labute approximate surface area is 126 Å². The molecule has 0 saturated heterocycles. The second kappa shape index (κ2) is 5.40. The van der Waals surface area contributed by atoms with Crippen LogP contribution in [0.25, 0.3) is 10.2 Å². The predicted octanol–water partition coefficient (Wildman–Crippen LogP) is 2.06. The molecule has 0 saturated carbocycles. The van der Waals surface area contributed by atoms with Crippen molar-refractivity contribution in [2.75, 3.05) is 0 Å². The van der Waals surface area contributed by atoms with Gasteiger partial charge in [-0.3, -0.25) is 9.36 Å². The topological polar surface area (TPSA) is 65.6 Å². The van der Waals surface area contributed by atoms with E-state index < -0.39 is 0 Å². The Hall–Kier alpha value is -2.02. The average Bonchev–Trinajstić information content (AvgIpc) is 3.01. The highest BCUT2D eigenvalue weighted by Crippen LogP contribution is 2.19. The van der Waals surface area contributed by atoms with E-state index in [2.05, 4.69) is 28.9 Å². The first-order valence-corrected chi connectivity index (χ1v) is 7.74. The standard InChI is InChI=1S/C14H17N5OS/c1-9(2)4-19-11(15-7-17-19)5-18-8-16-12-10(3)6-21-13(12)14(18)20/h6-9H,4-5H2,1-3H3. The molecule has 7 heteroatoms. The van der Waals surface area contributed by atoms with Gasteiger partial charge in [0.2, 0.25) is 0 Å². The van der Waals surface area contributed by atoms with E-state index >= 15 is 0 Å². The van der Waals surface area contributed by atoms with E-state index in [0.717, 1.165) is 23.4 Å². The van der Waals surface area contributed by atoms with E-state index in [4.69, 9.17) is 0 Å². The van der Waals surface area contributed by atoms with E-state index in [1.807, 2.05) is 17.0 Å². The molecule has 0 unspecified atom stereocenters. The lowest BCUT2D eigenvalue weighted by molar-refractivity contribution is 0.459. The van der Waals surface area contributed by atoms with Crippen molar-refractivity contribution in [1.29, 1.82) is 0 Å². The van der Waals surface area contributed by atoms with Gasteiger partial charge in [-0.2, -0.15) is 5.10 Å². The molecule has 3 heterocycles. The second-order valence-electron chi connectivity index (χ2n) is 5.53. The van der Waals surface area contributed by atoms with Crippen LogP contribution in [-0.4, -0.2) is 24.3 Å². The van der Waals surface area contributed by atoms with Crippen LogP contribution in [-0.2, 0) is 13.1 Å². The minimum absolute atomic E-state index is 0.0165. The fourth-order valence-electron chi connectivity index (χ4n) is 2.23. The highest BCUT2D eigenvalue weighted by Gasteiger charge is 2.11. The van der Waals surface area contributed by atoms with Crippen LogP contribution in [0.2, 0.25) is 0 Å². The second-order valence-corrected chi connectivity index (χ2v) is 6.41. The zero-order valence-electron chi connectivity index (χ0n) is 12.3. The Kier molecular flexibility index (Phi) is 3.59. The molecule has 6 nitrogen and oxygen atoms in total. The summed E-state index contributed by atoms with van der Waals surface area (Å²) in [6.45, 7) is 7.40. The summed E-state index contributed by atoms with van der Waals surface area (Å²) in [5, 5.41) is 6.18. The molecule has 0 fully saturated rings. The van der Waals surface area contributed by atoms with Crippen LogP contribution in [0.1, 0.15) is 25.2 Å². The summed E-state index contributed by atoms with van der Waals surface area (Å²) in [7, 11) is 0. The Morgan fingerprint density at radius 3 is 2.90 bits per heavy atom. The fourth-order valence-corrected chi connectivity index (χ4v) is 3.18. The molecule has 0 aliphatic carbocycles. The SMILES string of the molecule is Cc1csc2c(=O)n(Cc3ncnn3CC(C)C)cnc12. The van der Waals surface area contributed by atoms with Gasteiger partial charge in [-0.1, -0.05) is 13.8 Å². The van der Waals surface area contributed by atoms with Gasteiger partial charge in [0.25, 0.3) is 5.56 Å². The molecule has 110 valence electrons. The monoisotopic (exact) mass is 303 g/mol. The lowest BCUT2D eigenvalue weighted by Gasteiger charge is -2.09. The summed E-state index contributed by atoms with van der Waals surface area (Å²) < 4.78 is 4.14. The van der Waals surface area contributed by atoms with Gasteiger partial charge >= 0.3 is 0 Å². The maximum atomic E-state index is 12.5. The van der Waals surface area contributed by atoms with Crippen LogP contribution in [0.4, 0.5) is 0 Å². The van der Waals surface area contributed by atoms with Gasteiger partial charge in [0.15, 0.2) is 0 Å². The third-order valence-corrected chi connectivity index (χ3v) is 4.34. The highest BCUT2D eigenvalue weighted by atomic mass is 32.1. The third-order valence-electron chi connectivity index (χ3n) is 3.27. The van der Waals surface area contributed by atoms with Crippen LogP contribution in [0, 0.1) is 12.8 Å². The van der Waals surface area contributed by atoms with Crippen LogP contribution >= 0.6 is 11.3 Å². The van der Waals surface area contributed by atoms with Crippen molar-refractivity contribution in [1.82, 2.24) is 24.3 Å². The van der Waals surface area contributed by atoms with Crippen molar-refractivity contribution < 1.29 is 0 Å². The third kappa shape index (κ3) is 2.61. The van der Waals surface area contributed by atoms with E-state index in [1.165, 1.54) is 17.7 Å². The average molecular weight is 303 g/mol. The largest absolute Gasteiger partial charge is 0.290 e. The predicted molar refractivity (Wildman–Crippen MR) is 82.6 cm³/mol. The number of aromatic nitrogens is 5. The summed E-state index contributed by atoms with van der Waals surface area (Å²) >= 11 is 1.44. The smallest absolute Gasteiger partial charge is 0.271 e. The number of hydrogen-bond donors (Lipinski definition) is 0.